The summed E-state index contributed by atoms with van der Waals surface area (Å²) in [5, 5.41) is 17.4. The Kier molecular flexibility index (Phi) is 4.99. The van der Waals surface area contributed by atoms with Gasteiger partial charge in [0.15, 0.2) is 0 Å². The van der Waals surface area contributed by atoms with Crippen LogP contribution in [0.1, 0.15) is 30.0 Å². The van der Waals surface area contributed by atoms with Crippen LogP contribution in [0.5, 0.6) is 0 Å². The molecule has 29 heavy (non-hydrogen) atoms. The van der Waals surface area contributed by atoms with E-state index in [2.05, 4.69) is 55.7 Å². The average Bonchev–Trinajstić information content (AvgIpc) is 3.44. The number of benzene rings is 1. The lowest BCUT2D eigenvalue weighted by atomic mass is 9.94. The van der Waals surface area contributed by atoms with Crippen molar-refractivity contribution in [3.63, 3.8) is 0 Å². The number of hydrogen-bond acceptors (Lipinski definition) is 7. The van der Waals surface area contributed by atoms with Crippen molar-refractivity contribution in [1.29, 1.82) is 0 Å². The van der Waals surface area contributed by atoms with Crippen molar-refractivity contribution in [2.24, 2.45) is 0 Å². The molecular formula is C20H20BN7S. The molecule has 1 aliphatic rings. The maximum absolute atomic E-state index is 6.12. The van der Waals surface area contributed by atoms with Gasteiger partial charge in [-0.05, 0) is 48.5 Å². The monoisotopic (exact) mass is 401 g/mol. The van der Waals surface area contributed by atoms with E-state index < -0.39 is 0 Å². The number of aromatic nitrogens is 5. The summed E-state index contributed by atoms with van der Waals surface area (Å²) in [7, 11) is 6.12. The molecule has 0 atom stereocenters. The third-order valence-electron chi connectivity index (χ3n) is 5.36. The summed E-state index contributed by atoms with van der Waals surface area (Å²) in [6.07, 6.45) is 3.84. The Morgan fingerprint density at radius 3 is 2.79 bits per heavy atom. The number of nitrogens with zero attached hydrogens (tertiary/aromatic N) is 5. The van der Waals surface area contributed by atoms with Crippen LogP contribution in [0, 0.1) is 0 Å². The first-order chi connectivity index (χ1) is 14.3. The molecule has 1 aliphatic heterocycles. The minimum absolute atomic E-state index is 0.446. The van der Waals surface area contributed by atoms with Gasteiger partial charge in [0.25, 0.3) is 0 Å². The molecule has 0 spiro atoms. The number of rotatable bonds is 5. The first-order valence-electron chi connectivity index (χ1n) is 9.73. The maximum atomic E-state index is 6.12. The van der Waals surface area contributed by atoms with E-state index in [1.807, 2.05) is 5.38 Å². The van der Waals surface area contributed by atoms with Crippen LogP contribution >= 0.6 is 11.5 Å². The van der Waals surface area contributed by atoms with Crippen LogP contribution in [0.15, 0.2) is 41.9 Å². The van der Waals surface area contributed by atoms with E-state index in [1.54, 1.807) is 10.7 Å². The van der Waals surface area contributed by atoms with E-state index >= 15 is 0 Å². The fourth-order valence-electron chi connectivity index (χ4n) is 3.73. The summed E-state index contributed by atoms with van der Waals surface area (Å²) >= 11 is 1.36. The maximum Gasteiger partial charge on any atom is 0.150 e. The molecular weight excluding hydrogens is 381 g/mol. The lowest BCUT2D eigenvalue weighted by Crippen LogP contribution is -2.27. The predicted octanol–water partition coefficient (Wildman–Crippen LogP) is 2.12. The molecule has 0 aliphatic carbocycles. The Morgan fingerprint density at radius 1 is 1.21 bits per heavy atom. The molecule has 1 saturated heterocycles. The van der Waals surface area contributed by atoms with Gasteiger partial charge in [0.05, 0.1) is 0 Å². The third-order valence-corrected chi connectivity index (χ3v) is 5.86. The molecule has 144 valence electrons. The normalized spacial score (nSPS) is 15.0. The first-order valence-corrected chi connectivity index (χ1v) is 10.6. The molecule has 0 amide bonds. The zero-order valence-electron chi connectivity index (χ0n) is 15.9. The molecule has 0 bridgehead atoms. The van der Waals surface area contributed by atoms with Gasteiger partial charge in [-0.25, -0.2) is 4.98 Å². The van der Waals surface area contributed by atoms with E-state index in [0.717, 1.165) is 54.3 Å². The molecule has 7 nitrogen and oxygen atoms in total. The fourth-order valence-corrected chi connectivity index (χ4v) is 4.19. The fraction of sp³-hybridized carbons (Fsp3) is 0.300. The van der Waals surface area contributed by atoms with E-state index in [1.165, 1.54) is 17.1 Å². The van der Waals surface area contributed by atoms with Gasteiger partial charge in [-0.15, -0.1) is 5.10 Å². The largest absolute Gasteiger partial charge is 0.366 e. The molecule has 4 heterocycles. The number of fused-ring (bicyclic) bond motifs is 1. The van der Waals surface area contributed by atoms with Crippen molar-refractivity contribution >= 4 is 36.3 Å². The summed E-state index contributed by atoms with van der Waals surface area (Å²) in [5.41, 5.74) is 5.55. The van der Waals surface area contributed by atoms with Gasteiger partial charge >= 0.3 is 0 Å². The van der Waals surface area contributed by atoms with E-state index in [-0.39, 0.29) is 0 Å². The van der Waals surface area contributed by atoms with Gasteiger partial charge < -0.3 is 10.6 Å². The predicted molar refractivity (Wildman–Crippen MR) is 116 cm³/mol. The van der Waals surface area contributed by atoms with Gasteiger partial charge in [0.2, 0.25) is 0 Å². The zero-order chi connectivity index (χ0) is 19.6. The van der Waals surface area contributed by atoms with Crippen LogP contribution in [0.3, 0.4) is 0 Å². The van der Waals surface area contributed by atoms with Crippen molar-refractivity contribution in [3.05, 3.63) is 53.2 Å². The van der Waals surface area contributed by atoms with Crippen LogP contribution in [-0.2, 0) is 6.54 Å². The highest BCUT2D eigenvalue weighted by atomic mass is 32.1. The molecule has 2 radical (unpaired) electrons. The lowest BCUT2D eigenvalue weighted by Gasteiger charge is -2.23. The van der Waals surface area contributed by atoms with E-state index in [0.29, 0.717) is 17.9 Å². The highest BCUT2D eigenvalue weighted by Gasteiger charge is 2.19. The summed E-state index contributed by atoms with van der Waals surface area (Å²) in [5.74, 6) is 1.36. The van der Waals surface area contributed by atoms with Crippen LogP contribution in [0.25, 0.3) is 16.9 Å². The van der Waals surface area contributed by atoms with Gasteiger partial charge in [-0.1, -0.05) is 28.8 Å². The topological polar surface area (TPSA) is 80.0 Å². The molecule has 1 aromatic carbocycles. The second kappa shape index (κ2) is 7.92. The highest BCUT2D eigenvalue weighted by molar-refractivity contribution is 7.03. The SMILES string of the molecule is [B]c1cnn2c(NCc3ccc(-c4csnn4)cc3)cc(C3CCNCC3)nc12. The molecule has 5 rings (SSSR count). The van der Waals surface area contributed by atoms with Crippen LogP contribution in [0.4, 0.5) is 5.82 Å². The van der Waals surface area contributed by atoms with Crippen LogP contribution in [0.2, 0.25) is 0 Å². The van der Waals surface area contributed by atoms with E-state index in [9.17, 15) is 0 Å². The minimum atomic E-state index is 0.446. The van der Waals surface area contributed by atoms with Crippen LogP contribution in [-0.4, -0.2) is 45.1 Å². The van der Waals surface area contributed by atoms with Crippen molar-refractivity contribution in [2.45, 2.75) is 25.3 Å². The third kappa shape index (κ3) is 3.75. The molecule has 0 unspecified atom stereocenters. The van der Waals surface area contributed by atoms with Crippen LogP contribution < -0.4 is 16.1 Å². The van der Waals surface area contributed by atoms with Crippen molar-refractivity contribution < 1.29 is 0 Å². The van der Waals surface area contributed by atoms with Crippen molar-refractivity contribution in [1.82, 2.24) is 29.5 Å². The second-order valence-corrected chi connectivity index (χ2v) is 7.88. The van der Waals surface area contributed by atoms with Gasteiger partial charge in [0, 0.05) is 41.4 Å². The van der Waals surface area contributed by atoms with Gasteiger partial charge in [-0.2, -0.15) is 9.61 Å². The minimum Gasteiger partial charge on any atom is -0.366 e. The van der Waals surface area contributed by atoms with Gasteiger partial charge in [0.1, 0.15) is 25.0 Å². The van der Waals surface area contributed by atoms with E-state index in [4.69, 9.17) is 12.8 Å². The first kappa shape index (κ1) is 18.3. The molecule has 2 N–H and O–H groups in total. The van der Waals surface area contributed by atoms with Crippen molar-refractivity contribution in [3.8, 4) is 11.3 Å². The molecule has 3 aromatic heterocycles. The smallest absolute Gasteiger partial charge is 0.150 e. The summed E-state index contributed by atoms with van der Waals surface area (Å²) in [4.78, 5) is 4.81. The number of hydrogen-bond donors (Lipinski definition) is 2. The Morgan fingerprint density at radius 2 is 2.03 bits per heavy atom. The highest BCUT2D eigenvalue weighted by Crippen LogP contribution is 2.26. The summed E-state index contributed by atoms with van der Waals surface area (Å²) < 4.78 is 5.71. The Balaban J connectivity index is 1.39. The number of piperidine rings is 1. The standard InChI is InChI=1S/C20H20BN7S/c21-16-11-24-28-19(9-17(25-20(16)28)15-5-7-22-8-6-15)23-10-13-1-3-14(4-2-13)18-12-29-27-26-18/h1-4,9,11-12,15,22-23H,5-8,10H2. The lowest BCUT2D eigenvalue weighted by molar-refractivity contribution is 0.453. The summed E-state index contributed by atoms with van der Waals surface area (Å²) in [6, 6.07) is 10.5. The Labute approximate surface area is 174 Å². The zero-order valence-corrected chi connectivity index (χ0v) is 16.7. The summed E-state index contributed by atoms with van der Waals surface area (Å²) in [6.45, 7) is 2.73. The number of anilines is 1. The molecule has 0 saturated carbocycles. The quantitative estimate of drug-likeness (QED) is 0.499. The molecule has 1 fully saturated rings. The second-order valence-electron chi connectivity index (χ2n) is 7.27. The Bertz CT molecular complexity index is 1100. The average molecular weight is 401 g/mol. The van der Waals surface area contributed by atoms with Gasteiger partial charge in [-0.3, -0.25) is 0 Å². The van der Waals surface area contributed by atoms with Crippen molar-refractivity contribution in [2.75, 3.05) is 18.4 Å². The Hall–Kier alpha value is -2.78. The number of nitrogens with one attached hydrogen (secondary N) is 2. The molecule has 4 aromatic rings. The molecule has 9 heteroatoms.